The first-order valence-corrected chi connectivity index (χ1v) is 6.15. The molecule has 0 heterocycles. The fraction of sp³-hybridized carbons (Fsp3) is 0.875. The summed E-state index contributed by atoms with van der Waals surface area (Å²) in [7, 11) is -0.887. The van der Waals surface area contributed by atoms with E-state index in [0.717, 1.165) is 4.31 Å². The van der Waals surface area contributed by atoms with E-state index in [2.05, 4.69) is 4.74 Å². The first-order chi connectivity index (χ1) is 6.86. The monoisotopic (exact) mass is 239 g/mol. The van der Waals surface area contributed by atoms with Crippen LogP contribution in [-0.4, -0.2) is 56.4 Å². The minimum Gasteiger partial charge on any atom is -0.480 e. The Morgan fingerprint density at radius 1 is 1.53 bits per heavy atom. The van der Waals surface area contributed by atoms with Crippen molar-refractivity contribution >= 4 is 16.0 Å². The van der Waals surface area contributed by atoms with Crippen molar-refractivity contribution in [3.63, 3.8) is 0 Å². The Morgan fingerprint density at radius 2 is 2.07 bits per heavy atom. The zero-order valence-corrected chi connectivity index (χ0v) is 9.95. The lowest BCUT2D eigenvalue weighted by molar-refractivity contribution is -0.141. The SMILES string of the molecule is CCC(C(=O)O)N(C)S(=O)(=O)CCOC. The number of carbonyl (C=O) groups is 1. The van der Waals surface area contributed by atoms with Crippen molar-refractivity contribution < 1.29 is 23.1 Å². The van der Waals surface area contributed by atoms with Gasteiger partial charge in [-0.2, -0.15) is 4.31 Å². The topological polar surface area (TPSA) is 83.9 Å². The number of nitrogens with zero attached hydrogens (tertiary/aromatic N) is 1. The summed E-state index contributed by atoms with van der Waals surface area (Å²) in [5.74, 6) is -1.34. The minimum absolute atomic E-state index is 0.0583. The van der Waals surface area contributed by atoms with Gasteiger partial charge in [0.2, 0.25) is 10.0 Å². The molecule has 0 bridgehead atoms. The van der Waals surface area contributed by atoms with Crippen molar-refractivity contribution in [2.45, 2.75) is 19.4 Å². The molecule has 0 aromatic rings. The van der Waals surface area contributed by atoms with Gasteiger partial charge in [-0.1, -0.05) is 6.92 Å². The van der Waals surface area contributed by atoms with Gasteiger partial charge in [0.15, 0.2) is 0 Å². The van der Waals surface area contributed by atoms with Gasteiger partial charge in [-0.05, 0) is 6.42 Å². The first-order valence-electron chi connectivity index (χ1n) is 4.54. The highest BCUT2D eigenvalue weighted by Gasteiger charge is 2.29. The molecule has 0 fully saturated rings. The molecule has 0 aliphatic heterocycles. The molecule has 7 heteroatoms. The van der Waals surface area contributed by atoms with Gasteiger partial charge in [0.05, 0.1) is 12.4 Å². The van der Waals surface area contributed by atoms with Crippen LogP contribution in [-0.2, 0) is 19.6 Å². The lowest BCUT2D eigenvalue weighted by Gasteiger charge is -2.22. The number of carboxylic acids is 1. The fourth-order valence-electron chi connectivity index (χ4n) is 1.11. The number of sulfonamides is 1. The van der Waals surface area contributed by atoms with Gasteiger partial charge in [0, 0.05) is 14.2 Å². The van der Waals surface area contributed by atoms with E-state index in [9.17, 15) is 13.2 Å². The Balaban J connectivity index is 4.66. The number of hydrogen-bond acceptors (Lipinski definition) is 4. The molecule has 90 valence electrons. The van der Waals surface area contributed by atoms with Crippen LogP contribution in [0.4, 0.5) is 0 Å². The predicted molar refractivity (Wildman–Crippen MR) is 55.1 cm³/mol. The summed E-state index contributed by atoms with van der Waals surface area (Å²) in [4.78, 5) is 10.8. The molecular formula is C8H17NO5S. The van der Waals surface area contributed by atoms with E-state index in [4.69, 9.17) is 5.11 Å². The van der Waals surface area contributed by atoms with Crippen molar-refractivity contribution in [2.24, 2.45) is 0 Å². The minimum atomic E-state index is -3.55. The number of likely N-dealkylation sites (N-methyl/N-ethyl adjacent to an activating group) is 1. The average Bonchev–Trinajstić information content (AvgIpc) is 2.15. The third kappa shape index (κ3) is 4.15. The van der Waals surface area contributed by atoms with E-state index in [1.807, 2.05) is 0 Å². The van der Waals surface area contributed by atoms with Gasteiger partial charge in [-0.3, -0.25) is 4.79 Å². The standard InChI is InChI=1S/C8H17NO5S/c1-4-7(8(10)11)9(2)15(12,13)6-5-14-3/h7H,4-6H2,1-3H3,(H,10,11). The second kappa shape index (κ2) is 6.04. The molecule has 1 N–H and O–H groups in total. The molecule has 0 aliphatic carbocycles. The largest absolute Gasteiger partial charge is 0.480 e. The molecule has 0 radical (unpaired) electrons. The third-order valence-corrected chi connectivity index (χ3v) is 3.91. The van der Waals surface area contributed by atoms with E-state index < -0.39 is 22.0 Å². The number of methoxy groups -OCH3 is 1. The van der Waals surface area contributed by atoms with Crippen molar-refractivity contribution in [3.05, 3.63) is 0 Å². The first kappa shape index (κ1) is 14.3. The molecule has 0 amide bonds. The highest BCUT2D eigenvalue weighted by Crippen LogP contribution is 2.08. The van der Waals surface area contributed by atoms with Gasteiger partial charge in [-0.15, -0.1) is 0 Å². The number of rotatable bonds is 7. The lowest BCUT2D eigenvalue weighted by Crippen LogP contribution is -2.43. The quantitative estimate of drug-likeness (QED) is 0.662. The summed E-state index contributed by atoms with van der Waals surface area (Å²) in [5, 5.41) is 8.80. The summed E-state index contributed by atoms with van der Waals surface area (Å²) >= 11 is 0. The Morgan fingerprint density at radius 3 is 2.40 bits per heavy atom. The normalized spacial score (nSPS) is 14.1. The van der Waals surface area contributed by atoms with E-state index in [1.165, 1.54) is 14.2 Å². The summed E-state index contributed by atoms with van der Waals surface area (Å²) in [6.07, 6.45) is 0.234. The van der Waals surface area contributed by atoms with Gasteiger partial charge in [-0.25, -0.2) is 8.42 Å². The fourth-order valence-corrected chi connectivity index (χ4v) is 2.41. The van der Waals surface area contributed by atoms with Gasteiger partial charge >= 0.3 is 5.97 Å². The maximum Gasteiger partial charge on any atom is 0.321 e. The van der Waals surface area contributed by atoms with Crippen molar-refractivity contribution in [2.75, 3.05) is 26.5 Å². The maximum absolute atomic E-state index is 11.6. The molecule has 0 rings (SSSR count). The van der Waals surface area contributed by atoms with Crippen LogP contribution in [0.2, 0.25) is 0 Å². The summed E-state index contributed by atoms with van der Waals surface area (Å²) < 4.78 is 28.7. The summed E-state index contributed by atoms with van der Waals surface area (Å²) in [6.45, 7) is 1.68. The smallest absolute Gasteiger partial charge is 0.321 e. The molecule has 1 unspecified atom stereocenters. The van der Waals surface area contributed by atoms with Crippen LogP contribution in [0.25, 0.3) is 0 Å². The van der Waals surface area contributed by atoms with E-state index in [1.54, 1.807) is 6.92 Å². The maximum atomic E-state index is 11.6. The third-order valence-electron chi connectivity index (χ3n) is 2.09. The van der Waals surface area contributed by atoms with E-state index >= 15 is 0 Å². The molecule has 0 aliphatic rings. The van der Waals surface area contributed by atoms with Crippen LogP contribution in [0.3, 0.4) is 0 Å². The van der Waals surface area contributed by atoms with Crippen molar-refractivity contribution in [1.82, 2.24) is 4.31 Å². The number of aliphatic carboxylic acids is 1. The van der Waals surface area contributed by atoms with Gasteiger partial charge < -0.3 is 9.84 Å². The molecule has 15 heavy (non-hydrogen) atoms. The highest BCUT2D eigenvalue weighted by molar-refractivity contribution is 7.89. The molecule has 0 spiro atoms. The molecule has 0 saturated heterocycles. The number of carboxylic acid groups (broad SMARTS) is 1. The predicted octanol–water partition coefficient (Wildman–Crippen LogP) is -0.242. The van der Waals surface area contributed by atoms with Crippen LogP contribution in [0.15, 0.2) is 0 Å². The zero-order chi connectivity index (χ0) is 12.1. The van der Waals surface area contributed by atoms with Crippen LogP contribution in [0.1, 0.15) is 13.3 Å². The van der Waals surface area contributed by atoms with Crippen LogP contribution < -0.4 is 0 Å². The van der Waals surface area contributed by atoms with E-state index in [-0.39, 0.29) is 18.8 Å². The Kier molecular flexibility index (Phi) is 5.77. The van der Waals surface area contributed by atoms with Gasteiger partial charge in [0.25, 0.3) is 0 Å². The molecular weight excluding hydrogens is 222 g/mol. The molecule has 0 aromatic heterocycles. The van der Waals surface area contributed by atoms with Gasteiger partial charge in [0.1, 0.15) is 6.04 Å². The summed E-state index contributed by atoms with van der Waals surface area (Å²) in [6, 6.07) is -1.01. The van der Waals surface area contributed by atoms with Crippen LogP contribution in [0, 0.1) is 0 Å². The second-order valence-electron chi connectivity index (χ2n) is 3.09. The average molecular weight is 239 g/mol. The highest BCUT2D eigenvalue weighted by atomic mass is 32.2. The van der Waals surface area contributed by atoms with Crippen molar-refractivity contribution in [3.8, 4) is 0 Å². The Labute approximate surface area is 89.9 Å². The molecule has 0 saturated carbocycles. The zero-order valence-electron chi connectivity index (χ0n) is 9.13. The summed E-state index contributed by atoms with van der Waals surface area (Å²) in [5.41, 5.74) is 0. The van der Waals surface area contributed by atoms with Crippen LogP contribution in [0.5, 0.6) is 0 Å². The van der Waals surface area contributed by atoms with E-state index in [0.29, 0.717) is 0 Å². The molecule has 1 atom stereocenters. The Hall–Kier alpha value is -0.660. The number of hydrogen-bond donors (Lipinski definition) is 1. The van der Waals surface area contributed by atoms with Crippen molar-refractivity contribution in [1.29, 1.82) is 0 Å². The lowest BCUT2D eigenvalue weighted by atomic mass is 10.2. The second-order valence-corrected chi connectivity index (χ2v) is 5.24. The number of ether oxygens (including phenoxy) is 1. The van der Waals surface area contributed by atoms with Crippen LogP contribution >= 0.6 is 0 Å². The molecule has 0 aromatic carbocycles. The Bertz CT molecular complexity index is 300. The molecule has 6 nitrogen and oxygen atoms in total.